The molecule has 1 fully saturated rings. The lowest BCUT2D eigenvalue weighted by Crippen LogP contribution is -2.51. The zero-order chi connectivity index (χ0) is 17.9. The molecular formula is C17H20F3NO3. The number of halogens is 3. The van der Waals surface area contributed by atoms with Gasteiger partial charge < -0.3 is 14.7 Å². The molecule has 1 aromatic carbocycles. The summed E-state index contributed by atoms with van der Waals surface area (Å²) in [6.45, 7) is 3.80. The van der Waals surface area contributed by atoms with Gasteiger partial charge in [0.1, 0.15) is 0 Å². The van der Waals surface area contributed by atoms with Crippen LogP contribution in [0.4, 0.5) is 13.2 Å². The molecule has 0 aromatic heterocycles. The van der Waals surface area contributed by atoms with Crippen molar-refractivity contribution < 1.29 is 27.8 Å². The van der Waals surface area contributed by atoms with Crippen molar-refractivity contribution in [1.82, 2.24) is 4.90 Å². The Morgan fingerprint density at radius 1 is 1.46 bits per heavy atom. The molecule has 1 amide bonds. The number of nitrogens with zero attached hydrogens (tertiary/aromatic N) is 1. The Kier molecular flexibility index (Phi) is 5.66. The number of benzene rings is 1. The highest BCUT2D eigenvalue weighted by Crippen LogP contribution is 2.31. The Morgan fingerprint density at radius 3 is 2.79 bits per heavy atom. The van der Waals surface area contributed by atoms with E-state index in [-0.39, 0.29) is 25.1 Å². The van der Waals surface area contributed by atoms with E-state index in [9.17, 15) is 18.0 Å². The summed E-state index contributed by atoms with van der Waals surface area (Å²) in [5.41, 5.74) is 0.0448. The Bertz CT molecular complexity index is 628. The zero-order valence-corrected chi connectivity index (χ0v) is 13.5. The maximum atomic E-state index is 12.8. The van der Waals surface area contributed by atoms with Crippen LogP contribution in [-0.2, 0) is 15.7 Å². The van der Waals surface area contributed by atoms with Crippen molar-refractivity contribution in [1.29, 1.82) is 0 Å². The fourth-order valence-electron chi connectivity index (χ4n) is 2.53. The number of alkyl halides is 3. The number of rotatable bonds is 3. The summed E-state index contributed by atoms with van der Waals surface area (Å²) >= 11 is 0. The van der Waals surface area contributed by atoms with E-state index >= 15 is 0 Å². The van der Waals surface area contributed by atoms with Gasteiger partial charge in [0.05, 0.1) is 30.9 Å². The van der Waals surface area contributed by atoms with E-state index in [1.54, 1.807) is 11.8 Å². The minimum absolute atomic E-state index is 0.161. The van der Waals surface area contributed by atoms with E-state index in [0.717, 1.165) is 12.1 Å². The molecule has 2 unspecified atom stereocenters. The van der Waals surface area contributed by atoms with E-state index in [2.05, 4.69) is 0 Å². The fraction of sp³-hybridized carbons (Fsp3) is 0.471. The Morgan fingerprint density at radius 2 is 2.17 bits per heavy atom. The first-order valence-electron chi connectivity index (χ1n) is 7.61. The number of hydrogen-bond acceptors (Lipinski definition) is 3. The molecule has 0 radical (unpaired) electrons. The maximum absolute atomic E-state index is 12.8. The van der Waals surface area contributed by atoms with Crippen LogP contribution >= 0.6 is 0 Å². The standard InChI is InChI=1S/C17H20F3NO3/c1-11(13-4-3-5-14(7-13)17(18,19)20)6-16(23)21-8-15(9-22)24-10-12(21)2/h3-7,12,15,22H,8-10H2,1-2H3/b11-6-. The first-order valence-corrected chi connectivity index (χ1v) is 7.61. The van der Waals surface area contributed by atoms with Crippen LogP contribution in [-0.4, -0.2) is 47.8 Å². The quantitative estimate of drug-likeness (QED) is 0.859. The number of hydrogen-bond donors (Lipinski definition) is 1. The molecule has 4 nitrogen and oxygen atoms in total. The topological polar surface area (TPSA) is 49.8 Å². The predicted molar refractivity (Wildman–Crippen MR) is 83.1 cm³/mol. The minimum atomic E-state index is -4.42. The summed E-state index contributed by atoms with van der Waals surface area (Å²) in [6.07, 6.45) is -3.54. The third-order valence-electron chi connectivity index (χ3n) is 3.98. The van der Waals surface area contributed by atoms with Crippen LogP contribution in [0.5, 0.6) is 0 Å². The molecule has 1 aliphatic rings. The summed E-state index contributed by atoms with van der Waals surface area (Å²) < 4.78 is 43.7. The van der Waals surface area contributed by atoms with Gasteiger partial charge >= 0.3 is 6.18 Å². The number of carbonyl (C=O) groups is 1. The van der Waals surface area contributed by atoms with Crippen molar-refractivity contribution in [3.8, 4) is 0 Å². The first-order chi connectivity index (χ1) is 11.2. The molecule has 2 atom stereocenters. The van der Waals surface area contributed by atoms with Gasteiger partial charge in [0, 0.05) is 12.6 Å². The second-order valence-electron chi connectivity index (χ2n) is 5.88. The summed E-state index contributed by atoms with van der Waals surface area (Å²) in [7, 11) is 0. The number of aliphatic hydroxyl groups excluding tert-OH is 1. The summed E-state index contributed by atoms with van der Waals surface area (Å²) in [6, 6.07) is 4.71. The van der Waals surface area contributed by atoms with Gasteiger partial charge in [0.15, 0.2) is 0 Å². The third-order valence-corrected chi connectivity index (χ3v) is 3.98. The van der Waals surface area contributed by atoms with E-state index < -0.39 is 17.8 Å². The van der Waals surface area contributed by atoms with Gasteiger partial charge in [-0.05, 0) is 37.1 Å². The van der Waals surface area contributed by atoms with Gasteiger partial charge in [-0.3, -0.25) is 4.79 Å². The van der Waals surface area contributed by atoms with Crippen LogP contribution in [0.1, 0.15) is 25.0 Å². The normalized spacial score (nSPS) is 22.6. The lowest BCUT2D eigenvalue weighted by molar-refractivity contribution is -0.141. The summed E-state index contributed by atoms with van der Waals surface area (Å²) in [5, 5.41) is 9.16. The van der Waals surface area contributed by atoms with Gasteiger partial charge in [0.2, 0.25) is 5.91 Å². The van der Waals surface area contributed by atoms with E-state index in [1.807, 2.05) is 6.92 Å². The average molecular weight is 343 g/mol. The molecule has 132 valence electrons. The van der Waals surface area contributed by atoms with Crippen LogP contribution in [0, 0.1) is 0 Å². The van der Waals surface area contributed by atoms with E-state index in [1.165, 1.54) is 18.2 Å². The lowest BCUT2D eigenvalue weighted by Gasteiger charge is -2.37. The number of ether oxygens (including phenoxy) is 1. The highest BCUT2D eigenvalue weighted by Gasteiger charge is 2.31. The molecule has 7 heteroatoms. The lowest BCUT2D eigenvalue weighted by atomic mass is 10.0. The van der Waals surface area contributed by atoms with E-state index in [0.29, 0.717) is 17.7 Å². The zero-order valence-electron chi connectivity index (χ0n) is 13.5. The fourth-order valence-corrected chi connectivity index (χ4v) is 2.53. The number of morpholine rings is 1. The second kappa shape index (κ2) is 7.36. The molecule has 24 heavy (non-hydrogen) atoms. The third kappa shape index (κ3) is 4.36. The number of carbonyl (C=O) groups excluding carboxylic acids is 1. The molecule has 0 spiro atoms. The Hall–Kier alpha value is -1.86. The maximum Gasteiger partial charge on any atom is 0.416 e. The molecule has 1 saturated heterocycles. The highest BCUT2D eigenvalue weighted by atomic mass is 19.4. The predicted octanol–water partition coefficient (Wildman–Crippen LogP) is 2.72. The molecule has 1 N–H and O–H groups in total. The van der Waals surface area contributed by atoms with Crippen LogP contribution in [0.2, 0.25) is 0 Å². The monoisotopic (exact) mass is 343 g/mol. The Labute approximate surface area is 138 Å². The van der Waals surface area contributed by atoms with Crippen LogP contribution in [0.3, 0.4) is 0 Å². The van der Waals surface area contributed by atoms with E-state index in [4.69, 9.17) is 9.84 Å². The van der Waals surface area contributed by atoms with Gasteiger partial charge in [-0.2, -0.15) is 13.2 Å². The highest BCUT2D eigenvalue weighted by molar-refractivity contribution is 5.95. The van der Waals surface area contributed by atoms with Gasteiger partial charge in [-0.25, -0.2) is 0 Å². The molecule has 1 aliphatic heterocycles. The van der Waals surface area contributed by atoms with Crippen molar-refractivity contribution >= 4 is 11.5 Å². The van der Waals surface area contributed by atoms with Crippen LogP contribution in [0.25, 0.3) is 5.57 Å². The number of allylic oxidation sites excluding steroid dienone is 1. The van der Waals surface area contributed by atoms with Crippen molar-refractivity contribution in [2.45, 2.75) is 32.2 Å². The molecule has 1 heterocycles. The summed E-state index contributed by atoms with van der Waals surface area (Å²) in [4.78, 5) is 14.0. The molecule has 0 bridgehead atoms. The molecule has 1 aromatic rings. The number of aliphatic hydroxyl groups is 1. The Balaban J connectivity index is 2.19. The SMILES string of the molecule is C/C(=C/C(=O)N1CC(CO)OCC1C)c1cccc(C(F)(F)F)c1. The largest absolute Gasteiger partial charge is 0.416 e. The molecule has 0 saturated carbocycles. The average Bonchev–Trinajstić information content (AvgIpc) is 2.54. The van der Waals surface area contributed by atoms with Gasteiger partial charge in [-0.15, -0.1) is 0 Å². The van der Waals surface area contributed by atoms with Gasteiger partial charge in [0.25, 0.3) is 0 Å². The van der Waals surface area contributed by atoms with Crippen molar-refractivity contribution in [2.24, 2.45) is 0 Å². The van der Waals surface area contributed by atoms with Crippen molar-refractivity contribution in [2.75, 3.05) is 19.8 Å². The van der Waals surface area contributed by atoms with Crippen LogP contribution in [0.15, 0.2) is 30.3 Å². The second-order valence-corrected chi connectivity index (χ2v) is 5.88. The number of amides is 1. The van der Waals surface area contributed by atoms with Crippen LogP contribution < -0.4 is 0 Å². The molecule has 0 aliphatic carbocycles. The summed E-state index contributed by atoms with van der Waals surface area (Å²) in [5.74, 6) is -0.306. The smallest absolute Gasteiger partial charge is 0.394 e. The van der Waals surface area contributed by atoms with Crippen molar-refractivity contribution in [3.63, 3.8) is 0 Å². The molecule has 2 rings (SSSR count). The van der Waals surface area contributed by atoms with Gasteiger partial charge in [-0.1, -0.05) is 12.1 Å². The molecular weight excluding hydrogens is 323 g/mol. The first kappa shape index (κ1) is 18.5. The van der Waals surface area contributed by atoms with Crippen molar-refractivity contribution in [3.05, 3.63) is 41.5 Å². The minimum Gasteiger partial charge on any atom is -0.394 e.